The van der Waals surface area contributed by atoms with Crippen LogP contribution in [-0.4, -0.2) is 20.8 Å². The number of fused-ring (bicyclic) bond motifs is 1. The maximum Gasteiger partial charge on any atom is 0.276 e. The van der Waals surface area contributed by atoms with Crippen LogP contribution in [0, 0.1) is 10.1 Å². The number of nitrogens with one attached hydrogen (secondary N) is 1. The summed E-state index contributed by atoms with van der Waals surface area (Å²) in [5.41, 5.74) is 0.884. The number of nitro benzene ring substituents is 1. The second kappa shape index (κ2) is 6.62. The summed E-state index contributed by atoms with van der Waals surface area (Å²) in [6, 6.07) is 11.6. The Labute approximate surface area is 155 Å². The molecule has 26 heavy (non-hydrogen) atoms. The Kier molecular flexibility index (Phi) is 4.15. The van der Waals surface area contributed by atoms with Gasteiger partial charge in [-0.2, -0.15) is 0 Å². The predicted molar refractivity (Wildman–Crippen MR) is 102 cm³/mol. The van der Waals surface area contributed by atoms with Crippen LogP contribution >= 0.6 is 22.7 Å². The maximum atomic E-state index is 12.4. The number of carbonyl (C=O) groups excluding carboxylic acids is 1. The number of aromatic nitrogens is 2. The third kappa shape index (κ3) is 3.17. The summed E-state index contributed by atoms with van der Waals surface area (Å²) in [6.07, 6.45) is 0. The number of anilines is 1. The summed E-state index contributed by atoms with van der Waals surface area (Å²) in [4.78, 5) is 32.4. The molecule has 0 aliphatic heterocycles. The number of carbonyl (C=O) groups is 1. The van der Waals surface area contributed by atoms with Crippen LogP contribution in [0.5, 0.6) is 0 Å². The monoisotopic (exact) mass is 382 g/mol. The number of benzene rings is 1. The average molecular weight is 382 g/mol. The molecular formula is C17H10N4O3S2. The van der Waals surface area contributed by atoms with Crippen LogP contribution in [0.3, 0.4) is 0 Å². The number of nitrogens with zero attached hydrogens (tertiary/aromatic N) is 3. The Bertz CT molecular complexity index is 1120. The zero-order valence-electron chi connectivity index (χ0n) is 13.1. The van der Waals surface area contributed by atoms with E-state index in [1.807, 2.05) is 17.5 Å². The zero-order valence-corrected chi connectivity index (χ0v) is 14.7. The molecule has 0 aliphatic carbocycles. The maximum absolute atomic E-state index is 12.4. The molecule has 4 rings (SSSR count). The number of rotatable bonds is 4. The van der Waals surface area contributed by atoms with E-state index in [0.29, 0.717) is 22.4 Å². The van der Waals surface area contributed by atoms with Crippen LogP contribution < -0.4 is 5.32 Å². The summed E-state index contributed by atoms with van der Waals surface area (Å²) >= 11 is 2.97. The molecule has 0 saturated carbocycles. The first-order valence-electron chi connectivity index (χ1n) is 7.46. The third-order valence-corrected chi connectivity index (χ3v) is 5.48. The Hall–Kier alpha value is -3.17. The molecule has 0 unspecified atom stereocenters. The molecule has 0 bridgehead atoms. The summed E-state index contributed by atoms with van der Waals surface area (Å²) in [5.74, 6) is 0.0137. The van der Waals surface area contributed by atoms with Crippen molar-refractivity contribution in [3.63, 3.8) is 0 Å². The van der Waals surface area contributed by atoms with Gasteiger partial charge in [-0.15, -0.1) is 22.7 Å². The number of hydrogen-bond donors (Lipinski definition) is 1. The lowest BCUT2D eigenvalue weighted by Crippen LogP contribution is -2.13. The summed E-state index contributed by atoms with van der Waals surface area (Å²) < 4.78 is 0. The van der Waals surface area contributed by atoms with Crippen LogP contribution in [0.15, 0.2) is 53.2 Å². The first-order valence-corrected chi connectivity index (χ1v) is 9.22. The highest BCUT2D eigenvalue weighted by atomic mass is 32.1. The molecule has 0 atom stereocenters. The normalized spacial score (nSPS) is 10.8. The van der Waals surface area contributed by atoms with Gasteiger partial charge in [-0.1, -0.05) is 6.07 Å². The molecule has 0 radical (unpaired) electrons. The van der Waals surface area contributed by atoms with E-state index in [1.165, 1.54) is 23.5 Å². The lowest BCUT2D eigenvalue weighted by Gasteiger charge is -2.04. The second-order valence-corrected chi connectivity index (χ2v) is 7.11. The van der Waals surface area contributed by atoms with Gasteiger partial charge in [0.05, 0.1) is 15.3 Å². The van der Waals surface area contributed by atoms with E-state index in [9.17, 15) is 14.9 Å². The fourth-order valence-electron chi connectivity index (χ4n) is 2.37. The van der Waals surface area contributed by atoms with Crippen molar-refractivity contribution in [1.29, 1.82) is 0 Å². The van der Waals surface area contributed by atoms with Gasteiger partial charge in [-0.3, -0.25) is 14.9 Å². The van der Waals surface area contributed by atoms with Crippen molar-refractivity contribution in [2.75, 3.05) is 5.32 Å². The highest BCUT2D eigenvalue weighted by Gasteiger charge is 2.14. The average Bonchev–Trinajstić information content (AvgIpc) is 3.32. The van der Waals surface area contributed by atoms with Gasteiger partial charge in [0.2, 0.25) is 0 Å². The largest absolute Gasteiger partial charge is 0.305 e. The van der Waals surface area contributed by atoms with Gasteiger partial charge in [0.15, 0.2) is 0 Å². The Morgan fingerprint density at radius 2 is 2.00 bits per heavy atom. The van der Waals surface area contributed by atoms with Crippen LogP contribution in [-0.2, 0) is 0 Å². The highest BCUT2D eigenvalue weighted by molar-refractivity contribution is 7.20. The van der Waals surface area contributed by atoms with Crippen LogP contribution in [0.4, 0.5) is 11.5 Å². The number of non-ortho nitro benzene ring substituents is 1. The molecule has 1 N–H and O–H groups in total. The lowest BCUT2D eigenvalue weighted by molar-refractivity contribution is -0.384. The molecule has 1 aromatic carbocycles. The van der Waals surface area contributed by atoms with Crippen molar-refractivity contribution in [2.24, 2.45) is 0 Å². The molecular weight excluding hydrogens is 372 g/mol. The number of hydrogen-bond acceptors (Lipinski definition) is 7. The van der Waals surface area contributed by atoms with Gasteiger partial charge in [-0.05, 0) is 29.6 Å². The molecule has 1 amide bonds. The van der Waals surface area contributed by atoms with E-state index in [0.717, 1.165) is 9.88 Å². The van der Waals surface area contributed by atoms with Crippen molar-refractivity contribution in [2.45, 2.75) is 0 Å². The van der Waals surface area contributed by atoms with E-state index in [1.54, 1.807) is 34.9 Å². The van der Waals surface area contributed by atoms with Crippen LogP contribution in [0.25, 0.3) is 20.8 Å². The Morgan fingerprint density at radius 3 is 2.77 bits per heavy atom. The van der Waals surface area contributed by atoms with E-state index in [-0.39, 0.29) is 11.6 Å². The van der Waals surface area contributed by atoms with Crippen molar-refractivity contribution < 1.29 is 9.72 Å². The molecule has 7 nitrogen and oxygen atoms in total. The van der Waals surface area contributed by atoms with Crippen LogP contribution in [0.1, 0.15) is 10.5 Å². The highest BCUT2D eigenvalue weighted by Crippen LogP contribution is 2.28. The van der Waals surface area contributed by atoms with E-state index < -0.39 is 4.92 Å². The molecule has 4 aromatic rings. The second-order valence-electron chi connectivity index (χ2n) is 5.30. The molecule has 3 heterocycles. The molecule has 0 aliphatic rings. The summed E-state index contributed by atoms with van der Waals surface area (Å²) in [6.45, 7) is 0. The van der Waals surface area contributed by atoms with Crippen molar-refractivity contribution in [3.05, 3.63) is 69.0 Å². The zero-order chi connectivity index (χ0) is 18.1. The number of thiophene rings is 1. The van der Waals surface area contributed by atoms with Gasteiger partial charge < -0.3 is 5.32 Å². The van der Waals surface area contributed by atoms with Crippen molar-refractivity contribution in [1.82, 2.24) is 9.97 Å². The third-order valence-electron chi connectivity index (χ3n) is 3.59. The van der Waals surface area contributed by atoms with E-state index in [2.05, 4.69) is 15.3 Å². The minimum absolute atomic E-state index is 0.000310. The van der Waals surface area contributed by atoms with E-state index in [4.69, 9.17) is 0 Å². The molecule has 0 saturated heterocycles. The first-order chi connectivity index (χ1) is 12.6. The standard InChI is InChI=1S/C17H10N4O3S2/c22-16(13-9-26-17(19-13)14-2-1-7-25-14)20-15-6-3-10-8-11(21(23)24)4-5-12(10)18-15/h1-9H,(H,18,20,22). The number of thiazole rings is 1. The smallest absolute Gasteiger partial charge is 0.276 e. The Balaban J connectivity index is 1.56. The minimum atomic E-state index is -0.456. The fraction of sp³-hybridized carbons (Fsp3) is 0. The SMILES string of the molecule is O=C(Nc1ccc2cc([N+](=O)[O-])ccc2n1)c1csc(-c2cccs2)n1. The molecule has 128 valence electrons. The lowest BCUT2D eigenvalue weighted by atomic mass is 10.2. The minimum Gasteiger partial charge on any atom is -0.305 e. The van der Waals surface area contributed by atoms with Gasteiger partial charge in [0, 0.05) is 22.9 Å². The number of pyridine rings is 1. The topological polar surface area (TPSA) is 98.0 Å². The Morgan fingerprint density at radius 1 is 1.12 bits per heavy atom. The first kappa shape index (κ1) is 16.3. The fourth-order valence-corrected chi connectivity index (χ4v) is 3.98. The quantitative estimate of drug-likeness (QED) is 0.411. The van der Waals surface area contributed by atoms with Crippen LogP contribution in [0.2, 0.25) is 0 Å². The van der Waals surface area contributed by atoms with Crippen molar-refractivity contribution >= 4 is 51.0 Å². The van der Waals surface area contributed by atoms with Gasteiger partial charge in [0.1, 0.15) is 16.5 Å². The molecule has 3 aromatic heterocycles. The number of amides is 1. The van der Waals surface area contributed by atoms with Gasteiger partial charge in [0.25, 0.3) is 11.6 Å². The van der Waals surface area contributed by atoms with Gasteiger partial charge >= 0.3 is 0 Å². The van der Waals surface area contributed by atoms with Gasteiger partial charge in [-0.25, -0.2) is 9.97 Å². The summed E-state index contributed by atoms with van der Waals surface area (Å²) in [5, 5.41) is 18.6. The molecule has 0 spiro atoms. The molecule has 0 fully saturated rings. The van der Waals surface area contributed by atoms with E-state index >= 15 is 0 Å². The molecule has 9 heteroatoms. The van der Waals surface area contributed by atoms with Crippen molar-refractivity contribution in [3.8, 4) is 9.88 Å². The number of nitro groups is 1. The predicted octanol–water partition coefficient (Wildman–Crippen LogP) is 4.58. The summed E-state index contributed by atoms with van der Waals surface area (Å²) in [7, 11) is 0.